The Hall–Kier alpha value is -2.03. The van der Waals surface area contributed by atoms with E-state index in [9.17, 15) is 21.6 Å². The largest absolute Gasteiger partial charge is 0.534 e. The quantitative estimate of drug-likeness (QED) is 0.631. The van der Waals surface area contributed by atoms with Crippen LogP contribution in [0.2, 0.25) is 0 Å². The lowest BCUT2D eigenvalue weighted by atomic mass is 10.2. The Bertz CT molecular complexity index is 831. The van der Waals surface area contributed by atoms with Gasteiger partial charge < -0.3 is 9.08 Å². The van der Waals surface area contributed by atoms with Crippen molar-refractivity contribution in [2.45, 2.75) is 18.3 Å². The monoisotopic (exact) mass is 346 g/mol. The molecule has 0 bridgehead atoms. The molecule has 0 aliphatic carbocycles. The van der Waals surface area contributed by atoms with Gasteiger partial charge in [-0.2, -0.15) is 21.6 Å². The molecule has 0 radical (unpaired) electrons. The molecule has 0 unspecified atom stereocenters. The van der Waals surface area contributed by atoms with Crippen molar-refractivity contribution in [3.05, 3.63) is 30.3 Å². The average Bonchev–Trinajstić information content (AvgIpc) is 2.99. The standard InChI is InChI=1S/C14H13F3N2O3S/c15-14(16,17)23(20,21)22-13-12(19-7-3-4-8-19)9-10-5-1-2-6-11(10)18-13/h1-2,5-6,9H,3-4,7-8H2. The van der Waals surface area contributed by atoms with E-state index in [4.69, 9.17) is 0 Å². The fourth-order valence-corrected chi connectivity index (χ4v) is 2.91. The van der Waals surface area contributed by atoms with Crippen LogP contribution in [0.5, 0.6) is 5.88 Å². The number of alkyl halides is 3. The number of benzene rings is 1. The summed E-state index contributed by atoms with van der Waals surface area (Å²) in [5.74, 6) is -0.539. The van der Waals surface area contributed by atoms with Crippen molar-refractivity contribution in [1.29, 1.82) is 0 Å². The molecule has 0 N–H and O–H groups in total. The van der Waals surface area contributed by atoms with E-state index in [1.807, 2.05) is 0 Å². The highest BCUT2D eigenvalue weighted by molar-refractivity contribution is 7.88. The molecule has 1 aromatic carbocycles. The average molecular weight is 346 g/mol. The van der Waals surface area contributed by atoms with Crippen LogP contribution in [0.25, 0.3) is 10.9 Å². The summed E-state index contributed by atoms with van der Waals surface area (Å²) in [6.45, 7) is 1.23. The molecule has 1 aliphatic rings. The van der Waals surface area contributed by atoms with Crippen LogP contribution in [-0.2, 0) is 10.1 Å². The van der Waals surface area contributed by atoms with Gasteiger partial charge in [0.05, 0.1) is 5.52 Å². The Morgan fingerprint density at radius 1 is 1.13 bits per heavy atom. The lowest BCUT2D eigenvalue weighted by molar-refractivity contribution is -0.0501. The zero-order valence-corrected chi connectivity index (χ0v) is 12.7. The first-order valence-electron chi connectivity index (χ1n) is 6.93. The van der Waals surface area contributed by atoms with E-state index in [1.54, 1.807) is 35.2 Å². The van der Waals surface area contributed by atoms with Crippen molar-refractivity contribution in [3.63, 3.8) is 0 Å². The Morgan fingerprint density at radius 2 is 1.78 bits per heavy atom. The van der Waals surface area contributed by atoms with E-state index in [0.29, 0.717) is 24.0 Å². The highest BCUT2D eigenvalue weighted by Gasteiger charge is 2.49. The van der Waals surface area contributed by atoms with Crippen molar-refractivity contribution in [2.24, 2.45) is 0 Å². The predicted octanol–water partition coefficient (Wildman–Crippen LogP) is 3.06. The number of hydrogen-bond donors (Lipinski definition) is 0. The summed E-state index contributed by atoms with van der Waals surface area (Å²) in [5.41, 5.74) is -4.88. The van der Waals surface area contributed by atoms with E-state index in [1.165, 1.54) is 0 Å². The van der Waals surface area contributed by atoms with Crippen molar-refractivity contribution in [1.82, 2.24) is 4.98 Å². The topological polar surface area (TPSA) is 59.5 Å². The Balaban J connectivity index is 2.11. The van der Waals surface area contributed by atoms with Gasteiger partial charge in [0.15, 0.2) is 0 Å². The molecule has 0 spiro atoms. The molecule has 1 aromatic heterocycles. The smallest absolute Gasteiger partial charge is 0.367 e. The third-order valence-corrected chi connectivity index (χ3v) is 4.53. The second kappa shape index (κ2) is 5.55. The zero-order chi connectivity index (χ0) is 16.7. The minimum atomic E-state index is -5.76. The maximum Gasteiger partial charge on any atom is 0.534 e. The molecule has 2 heterocycles. The molecule has 1 fully saturated rings. The number of pyridine rings is 1. The van der Waals surface area contributed by atoms with Gasteiger partial charge in [0.1, 0.15) is 5.69 Å². The van der Waals surface area contributed by atoms with Gasteiger partial charge in [0.25, 0.3) is 5.88 Å². The van der Waals surface area contributed by atoms with Crippen LogP contribution < -0.4 is 9.08 Å². The number of rotatable bonds is 3. The maximum atomic E-state index is 12.6. The fourth-order valence-electron chi connectivity index (χ4n) is 2.48. The Labute approximate surface area is 130 Å². The molecule has 3 rings (SSSR count). The number of anilines is 1. The van der Waals surface area contributed by atoms with E-state index in [0.717, 1.165) is 12.8 Å². The van der Waals surface area contributed by atoms with Crippen LogP contribution in [0.3, 0.4) is 0 Å². The number of aromatic nitrogens is 1. The minimum Gasteiger partial charge on any atom is -0.367 e. The third-order valence-electron chi connectivity index (χ3n) is 3.59. The number of fused-ring (bicyclic) bond motifs is 1. The molecule has 1 aliphatic heterocycles. The van der Waals surface area contributed by atoms with Gasteiger partial charge in [0.2, 0.25) is 0 Å². The fraction of sp³-hybridized carbons (Fsp3) is 0.357. The first-order valence-corrected chi connectivity index (χ1v) is 8.34. The highest BCUT2D eigenvalue weighted by atomic mass is 32.2. The highest BCUT2D eigenvalue weighted by Crippen LogP contribution is 2.35. The molecule has 0 amide bonds. The Kier molecular flexibility index (Phi) is 3.83. The molecular formula is C14H13F3N2O3S. The van der Waals surface area contributed by atoms with Gasteiger partial charge in [-0.3, -0.25) is 0 Å². The van der Waals surface area contributed by atoms with E-state index < -0.39 is 21.5 Å². The minimum absolute atomic E-state index is 0.258. The first-order chi connectivity index (χ1) is 10.8. The molecule has 9 heteroatoms. The van der Waals surface area contributed by atoms with Gasteiger partial charge in [-0.15, -0.1) is 0 Å². The summed E-state index contributed by atoms with van der Waals surface area (Å²) < 4.78 is 64.7. The zero-order valence-electron chi connectivity index (χ0n) is 11.9. The molecule has 5 nitrogen and oxygen atoms in total. The van der Waals surface area contributed by atoms with Crippen LogP contribution >= 0.6 is 0 Å². The van der Waals surface area contributed by atoms with Crippen LogP contribution in [0.15, 0.2) is 30.3 Å². The van der Waals surface area contributed by atoms with Crippen LogP contribution in [-0.4, -0.2) is 32.0 Å². The van der Waals surface area contributed by atoms with E-state index >= 15 is 0 Å². The van der Waals surface area contributed by atoms with Crippen molar-refractivity contribution >= 4 is 26.7 Å². The molecule has 124 valence electrons. The number of halogens is 3. The third kappa shape index (κ3) is 3.05. The van der Waals surface area contributed by atoms with Gasteiger partial charge in [-0.25, -0.2) is 4.98 Å². The predicted molar refractivity (Wildman–Crippen MR) is 78.8 cm³/mol. The first kappa shape index (κ1) is 15.9. The summed E-state index contributed by atoms with van der Waals surface area (Å²) in [7, 11) is -5.76. The van der Waals surface area contributed by atoms with Gasteiger partial charge in [0, 0.05) is 18.5 Å². The normalized spacial score (nSPS) is 16.0. The van der Waals surface area contributed by atoms with Gasteiger partial charge in [-0.05, 0) is 25.0 Å². The van der Waals surface area contributed by atoms with Gasteiger partial charge >= 0.3 is 15.6 Å². The summed E-state index contributed by atoms with van der Waals surface area (Å²) in [6.07, 6.45) is 1.75. The van der Waals surface area contributed by atoms with Crippen LogP contribution in [0.1, 0.15) is 12.8 Å². The van der Waals surface area contributed by atoms with Crippen molar-refractivity contribution in [2.75, 3.05) is 18.0 Å². The SMILES string of the molecule is O=S(=O)(Oc1nc2ccccc2cc1N1CCCC1)C(F)(F)F. The van der Waals surface area contributed by atoms with Crippen LogP contribution in [0.4, 0.5) is 18.9 Å². The second-order valence-electron chi connectivity index (χ2n) is 5.18. The number of hydrogen-bond acceptors (Lipinski definition) is 5. The lowest BCUT2D eigenvalue weighted by Gasteiger charge is -2.21. The molecule has 0 atom stereocenters. The Morgan fingerprint density at radius 3 is 2.43 bits per heavy atom. The lowest BCUT2D eigenvalue weighted by Crippen LogP contribution is -2.29. The summed E-state index contributed by atoms with van der Waals surface area (Å²) in [6, 6.07) is 8.37. The maximum absolute atomic E-state index is 12.6. The summed E-state index contributed by atoms with van der Waals surface area (Å²) in [5, 5.41) is 0.700. The summed E-state index contributed by atoms with van der Waals surface area (Å²) >= 11 is 0. The number of nitrogens with zero attached hydrogens (tertiary/aromatic N) is 2. The molecule has 1 saturated heterocycles. The van der Waals surface area contributed by atoms with Crippen molar-refractivity contribution in [3.8, 4) is 5.88 Å². The molecule has 2 aromatic rings. The molecule has 23 heavy (non-hydrogen) atoms. The van der Waals surface area contributed by atoms with Crippen molar-refractivity contribution < 1.29 is 25.8 Å². The molecule has 0 saturated carbocycles. The van der Waals surface area contributed by atoms with E-state index in [2.05, 4.69) is 9.17 Å². The molecular weight excluding hydrogens is 333 g/mol. The van der Waals surface area contributed by atoms with Gasteiger partial charge in [-0.1, -0.05) is 18.2 Å². The summed E-state index contributed by atoms with van der Waals surface area (Å²) in [4.78, 5) is 5.75. The second-order valence-corrected chi connectivity index (χ2v) is 6.72. The van der Waals surface area contributed by atoms with E-state index in [-0.39, 0.29) is 5.69 Å². The number of para-hydroxylation sites is 1. The van der Waals surface area contributed by atoms with Crippen LogP contribution in [0, 0.1) is 0 Å².